The Bertz CT molecular complexity index is 307. The van der Waals surface area contributed by atoms with E-state index in [9.17, 15) is 0 Å². The summed E-state index contributed by atoms with van der Waals surface area (Å²) >= 11 is 7.95. The molecular formula is C12H19ClN2S. The second kappa shape index (κ2) is 7.82. The third kappa shape index (κ3) is 4.64. The highest BCUT2D eigenvalue weighted by Crippen LogP contribution is 2.21. The Balaban J connectivity index is 2.46. The van der Waals surface area contributed by atoms with Crippen molar-refractivity contribution in [2.45, 2.75) is 18.9 Å². The van der Waals surface area contributed by atoms with Gasteiger partial charge in [-0.25, -0.2) is 0 Å². The van der Waals surface area contributed by atoms with Gasteiger partial charge in [0.2, 0.25) is 0 Å². The predicted octanol–water partition coefficient (Wildman–Crippen LogP) is 3.22. The van der Waals surface area contributed by atoms with E-state index in [1.807, 2.05) is 36.0 Å². The smallest absolute Gasteiger partial charge is 0.0637 e. The number of rotatable bonds is 7. The third-order valence-corrected chi connectivity index (χ3v) is 3.45. The molecule has 4 heteroatoms. The van der Waals surface area contributed by atoms with Gasteiger partial charge in [0, 0.05) is 12.6 Å². The number of halogens is 1. The molecule has 0 aromatic heterocycles. The van der Waals surface area contributed by atoms with Crippen LogP contribution in [0.3, 0.4) is 0 Å². The van der Waals surface area contributed by atoms with Crippen molar-refractivity contribution >= 4 is 29.1 Å². The molecule has 90 valence electrons. The number of benzene rings is 1. The molecule has 0 radical (unpaired) electrons. The van der Waals surface area contributed by atoms with Crippen LogP contribution in [0.5, 0.6) is 0 Å². The fourth-order valence-corrected chi connectivity index (χ4v) is 2.17. The molecule has 0 bridgehead atoms. The minimum atomic E-state index is 0.312. The van der Waals surface area contributed by atoms with Crippen molar-refractivity contribution in [2.24, 2.45) is 5.73 Å². The maximum absolute atomic E-state index is 6.08. The highest BCUT2D eigenvalue weighted by atomic mass is 35.5. The summed E-state index contributed by atoms with van der Waals surface area (Å²) < 4.78 is 0. The highest BCUT2D eigenvalue weighted by molar-refractivity contribution is 7.98. The Morgan fingerprint density at radius 1 is 1.44 bits per heavy atom. The fraction of sp³-hybridized carbons (Fsp3) is 0.500. The monoisotopic (exact) mass is 258 g/mol. The van der Waals surface area contributed by atoms with Crippen LogP contribution in [-0.4, -0.2) is 24.6 Å². The van der Waals surface area contributed by atoms with E-state index in [0.29, 0.717) is 12.6 Å². The normalized spacial score (nSPS) is 12.4. The van der Waals surface area contributed by atoms with E-state index in [1.165, 1.54) is 12.2 Å². The van der Waals surface area contributed by atoms with Crippen LogP contribution in [0, 0.1) is 0 Å². The lowest BCUT2D eigenvalue weighted by atomic mass is 10.1. The molecule has 2 nitrogen and oxygen atoms in total. The maximum Gasteiger partial charge on any atom is 0.0637 e. The average molecular weight is 259 g/mol. The van der Waals surface area contributed by atoms with Gasteiger partial charge in [0.05, 0.1) is 10.7 Å². The number of hydrogen-bond acceptors (Lipinski definition) is 3. The number of hydrogen-bond donors (Lipinski definition) is 2. The molecule has 1 rings (SSSR count). The summed E-state index contributed by atoms with van der Waals surface area (Å²) in [5.74, 6) is 1.18. The van der Waals surface area contributed by atoms with Gasteiger partial charge < -0.3 is 11.1 Å². The number of nitrogens with two attached hydrogens (primary N) is 1. The van der Waals surface area contributed by atoms with E-state index in [4.69, 9.17) is 17.3 Å². The van der Waals surface area contributed by atoms with Crippen molar-refractivity contribution in [1.29, 1.82) is 0 Å². The van der Waals surface area contributed by atoms with Crippen molar-refractivity contribution < 1.29 is 0 Å². The average Bonchev–Trinajstić information content (AvgIpc) is 2.30. The van der Waals surface area contributed by atoms with Crippen molar-refractivity contribution in [1.82, 2.24) is 0 Å². The van der Waals surface area contributed by atoms with E-state index < -0.39 is 0 Å². The zero-order valence-corrected chi connectivity index (χ0v) is 11.2. The van der Waals surface area contributed by atoms with Crippen LogP contribution in [0.25, 0.3) is 0 Å². The Morgan fingerprint density at radius 3 is 2.81 bits per heavy atom. The summed E-state index contributed by atoms with van der Waals surface area (Å²) in [6, 6.07) is 8.09. The summed E-state index contributed by atoms with van der Waals surface area (Å²) in [7, 11) is 0. The van der Waals surface area contributed by atoms with Gasteiger partial charge in [-0.15, -0.1) is 0 Å². The largest absolute Gasteiger partial charge is 0.380 e. The molecule has 0 spiro atoms. The summed E-state index contributed by atoms with van der Waals surface area (Å²) in [6.45, 7) is 0.638. The summed E-state index contributed by atoms with van der Waals surface area (Å²) in [6.07, 6.45) is 4.39. The Labute approximate surface area is 107 Å². The van der Waals surface area contributed by atoms with Gasteiger partial charge >= 0.3 is 0 Å². The molecule has 0 saturated carbocycles. The SMILES string of the molecule is CSCCCC(CN)Nc1ccccc1Cl. The Hall–Kier alpha value is -0.380. The standard InChI is InChI=1S/C12H19ClN2S/c1-16-8-4-5-10(9-14)15-12-7-3-2-6-11(12)13/h2-3,6-7,10,15H,4-5,8-9,14H2,1H3. The molecule has 1 aromatic carbocycles. The molecule has 0 saturated heterocycles. The zero-order chi connectivity index (χ0) is 11.8. The van der Waals surface area contributed by atoms with E-state index in [1.54, 1.807) is 0 Å². The minimum Gasteiger partial charge on any atom is -0.380 e. The van der Waals surface area contributed by atoms with E-state index in [-0.39, 0.29) is 0 Å². The van der Waals surface area contributed by atoms with E-state index >= 15 is 0 Å². The van der Waals surface area contributed by atoms with Crippen molar-refractivity contribution in [3.63, 3.8) is 0 Å². The number of para-hydroxylation sites is 1. The summed E-state index contributed by atoms with van der Waals surface area (Å²) in [5.41, 5.74) is 6.72. The third-order valence-electron chi connectivity index (χ3n) is 2.42. The highest BCUT2D eigenvalue weighted by Gasteiger charge is 2.07. The summed E-state index contributed by atoms with van der Waals surface area (Å²) in [4.78, 5) is 0. The van der Waals surface area contributed by atoms with Crippen LogP contribution in [0.2, 0.25) is 5.02 Å². The number of anilines is 1. The first kappa shape index (κ1) is 13.7. The Morgan fingerprint density at radius 2 is 2.19 bits per heavy atom. The van der Waals surface area contributed by atoms with Gasteiger partial charge in [-0.1, -0.05) is 23.7 Å². The van der Waals surface area contributed by atoms with Gasteiger partial charge in [-0.05, 0) is 37.0 Å². The van der Waals surface area contributed by atoms with Gasteiger partial charge in [0.1, 0.15) is 0 Å². The van der Waals surface area contributed by atoms with Crippen LogP contribution < -0.4 is 11.1 Å². The topological polar surface area (TPSA) is 38.0 Å². The van der Waals surface area contributed by atoms with Crippen LogP contribution in [0.4, 0.5) is 5.69 Å². The van der Waals surface area contributed by atoms with Crippen molar-refractivity contribution in [3.8, 4) is 0 Å². The zero-order valence-electron chi connectivity index (χ0n) is 9.58. The lowest BCUT2D eigenvalue weighted by Gasteiger charge is -2.18. The lowest BCUT2D eigenvalue weighted by molar-refractivity contribution is 0.652. The molecule has 0 heterocycles. The molecule has 1 aromatic rings. The minimum absolute atomic E-state index is 0.312. The number of thioether (sulfide) groups is 1. The first-order valence-corrected chi connectivity index (χ1v) is 7.25. The van der Waals surface area contributed by atoms with E-state index in [0.717, 1.165) is 17.1 Å². The second-order valence-electron chi connectivity index (χ2n) is 3.69. The molecule has 16 heavy (non-hydrogen) atoms. The molecule has 1 unspecified atom stereocenters. The van der Waals surface area contributed by atoms with Crippen LogP contribution in [0.15, 0.2) is 24.3 Å². The molecule has 0 amide bonds. The number of nitrogens with one attached hydrogen (secondary N) is 1. The van der Waals surface area contributed by atoms with Gasteiger partial charge in [0.15, 0.2) is 0 Å². The molecule has 0 aliphatic heterocycles. The second-order valence-corrected chi connectivity index (χ2v) is 5.08. The van der Waals surface area contributed by atoms with Crippen LogP contribution in [-0.2, 0) is 0 Å². The van der Waals surface area contributed by atoms with Crippen LogP contribution in [0.1, 0.15) is 12.8 Å². The van der Waals surface area contributed by atoms with Crippen molar-refractivity contribution in [3.05, 3.63) is 29.3 Å². The van der Waals surface area contributed by atoms with Crippen molar-refractivity contribution in [2.75, 3.05) is 23.9 Å². The van der Waals surface area contributed by atoms with Crippen LogP contribution >= 0.6 is 23.4 Å². The quantitative estimate of drug-likeness (QED) is 0.738. The van der Waals surface area contributed by atoms with Gasteiger partial charge in [-0.3, -0.25) is 0 Å². The fourth-order valence-electron chi connectivity index (χ4n) is 1.52. The molecule has 1 atom stereocenters. The first-order valence-electron chi connectivity index (χ1n) is 5.48. The molecule has 0 fully saturated rings. The lowest BCUT2D eigenvalue weighted by Crippen LogP contribution is -2.29. The molecule has 0 aliphatic rings. The molecule has 3 N–H and O–H groups in total. The predicted molar refractivity (Wildman–Crippen MR) is 75.5 cm³/mol. The van der Waals surface area contributed by atoms with Gasteiger partial charge in [0.25, 0.3) is 0 Å². The summed E-state index contributed by atoms with van der Waals surface area (Å²) in [5, 5.41) is 4.15. The van der Waals surface area contributed by atoms with E-state index in [2.05, 4.69) is 11.6 Å². The molecular weight excluding hydrogens is 240 g/mol. The first-order chi connectivity index (χ1) is 7.77. The maximum atomic E-state index is 6.08. The van der Waals surface area contributed by atoms with Gasteiger partial charge in [-0.2, -0.15) is 11.8 Å². The Kier molecular flexibility index (Phi) is 6.69. The molecule has 0 aliphatic carbocycles.